The molecular weight excluding hydrogens is 350 g/mol. The minimum atomic E-state index is -0.896. The van der Waals surface area contributed by atoms with Gasteiger partial charge >= 0.3 is 0 Å². The van der Waals surface area contributed by atoms with Crippen molar-refractivity contribution < 1.29 is 13.6 Å². The van der Waals surface area contributed by atoms with Crippen molar-refractivity contribution >= 4 is 22.5 Å². The highest BCUT2D eigenvalue weighted by molar-refractivity contribution is 5.92. The Kier molecular flexibility index (Phi) is 4.95. The quantitative estimate of drug-likeness (QED) is 0.828. The number of hydrogen-bond donors (Lipinski definition) is 0. The molecule has 27 heavy (non-hydrogen) atoms. The number of anilines is 1. The van der Waals surface area contributed by atoms with E-state index in [1.807, 2.05) is 11.0 Å². The first-order valence-electron chi connectivity index (χ1n) is 9.53. The van der Waals surface area contributed by atoms with Gasteiger partial charge < -0.3 is 9.80 Å². The number of fused-ring (bicyclic) bond motifs is 1. The zero-order chi connectivity index (χ0) is 19.0. The average Bonchev–Trinajstić information content (AvgIpc) is 3.20. The Morgan fingerprint density at radius 3 is 2.48 bits per heavy atom. The van der Waals surface area contributed by atoms with E-state index in [0.717, 1.165) is 63.9 Å². The van der Waals surface area contributed by atoms with E-state index in [2.05, 4.69) is 14.8 Å². The third kappa shape index (κ3) is 3.60. The van der Waals surface area contributed by atoms with Crippen LogP contribution in [-0.4, -0.2) is 66.5 Å². The third-order valence-electron chi connectivity index (χ3n) is 5.51. The number of hydrogen-bond acceptors (Lipinski definition) is 4. The molecule has 144 valence electrons. The lowest BCUT2D eigenvalue weighted by Crippen LogP contribution is -2.50. The summed E-state index contributed by atoms with van der Waals surface area (Å²) in [4.78, 5) is 22.8. The number of carbonyl (C=O) groups is 1. The number of halogens is 2. The predicted octanol–water partition coefficient (Wildman–Crippen LogP) is 2.57. The molecule has 1 aromatic carbocycles. The number of nitrogens with zero attached hydrogens (tertiary/aromatic N) is 4. The van der Waals surface area contributed by atoms with Crippen LogP contribution in [0.1, 0.15) is 18.5 Å². The molecule has 0 radical (unpaired) electrons. The summed E-state index contributed by atoms with van der Waals surface area (Å²) in [6.07, 6.45) is 2.20. The topological polar surface area (TPSA) is 39.7 Å². The largest absolute Gasteiger partial charge is 0.368 e. The van der Waals surface area contributed by atoms with E-state index in [-0.39, 0.29) is 11.4 Å². The highest BCUT2D eigenvalue weighted by Crippen LogP contribution is 2.30. The van der Waals surface area contributed by atoms with Crippen molar-refractivity contribution in [1.29, 1.82) is 0 Å². The third-order valence-corrected chi connectivity index (χ3v) is 5.51. The molecule has 0 bridgehead atoms. The van der Waals surface area contributed by atoms with Crippen molar-refractivity contribution in [2.45, 2.75) is 19.8 Å². The van der Waals surface area contributed by atoms with Crippen LogP contribution in [0.3, 0.4) is 0 Å². The number of carbonyl (C=O) groups excluding carboxylic acids is 1. The van der Waals surface area contributed by atoms with E-state index in [9.17, 15) is 13.6 Å². The van der Waals surface area contributed by atoms with E-state index >= 15 is 0 Å². The standard InChI is InChI=1S/C20H24F2N4O/c1-14-12-17(15-4-5-16(21)19(22)20(15)23-14)25-10-8-24(9-11-25)13-18(27)26-6-2-3-7-26/h4-5,12H,2-3,6-11,13H2,1H3. The first-order chi connectivity index (χ1) is 13.0. The molecule has 2 saturated heterocycles. The van der Waals surface area contributed by atoms with Crippen LogP contribution in [0.5, 0.6) is 0 Å². The molecule has 2 aliphatic rings. The summed E-state index contributed by atoms with van der Waals surface area (Å²) in [7, 11) is 0. The summed E-state index contributed by atoms with van der Waals surface area (Å²) in [5.74, 6) is -1.56. The van der Waals surface area contributed by atoms with Crippen molar-refractivity contribution in [2.75, 3.05) is 50.7 Å². The Morgan fingerprint density at radius 2 is 1.78 bits per heavy atom. The zero-order valence-corrected chi connectivity index (χ0v) is 15.5. The summed E-state index contributed by atoms with van der Waals surface area (Å²) >= 11 is 0. The molecule has 5 nitrogen and oxygen atoms in total. The van der Waals surface area contributed by atoms with Gasteiger partial charge in [0.25, 0.3) is 0 Å². The maximum absolute atomic E-state index is 14.2. The van der Waals surface area contributed by atoms with E-state index in [1.165, 1.54) is 0 Å². The fourth-order valence-corrected chi connectivity index (χ4v) is 4.01. The number of aromatic nitrogens is 1. The normalized spacial score (nSPS) is 18.5. The Balaban J connectivity index is 1.48. The molecule has 0 aliphatic carbocycles. The lowest BCUT2D eigenvalue weighted by molar-refractivity contribution is -0.131. The van der Waals surface area contributed by atoms with Crippen LogP contribution in [0.25, 0.3) is 10.9 Å². The molecule has 1 amide bonds. The monoisotopic (exact) mass is 374 g/mol. The Bertz CT molecular complexity index is 859. The summed E-state index contributed by atoms with van der Waals surface area (Å²) < 4.78 is 27.8. The molecule has 2 aromatic rings. The van der Waals surface area contributed by atoms with Crippen LogP contribution >= 0.6 is 0 Å². The van der Waals surface area contributed by atoms with Crippen LogP contribution in [0.2, 0.25) is 0 Å². The number of aryl methyl sites for hydroxylation is 1. The molecule has 7 heteroatoms. The zero-order valence-electron chi connectivity index (χ0n) is 15.5. The van der Waals surface area contributed by atoms with Crippen molar-refractivity contribution in [2.24, 2.45) is 0 Å². The van der Waals surface area contributed by atoms with Crippen molar-refractivity contribution in [1.82, 2.24) is 14.8 Å². The van der Waals surface area contributed by atoms with Gasteiger partial charge in [-0.1, -0.05) is 0 Å². The summed E-state index contributed by atoms with van der Waals surface area (Å²) in [6.45, 7) is 7.03. The van der Waals surface area contributed by atoms with Crippen LogP contribution in [0.15, 0.2) is 18.2 Å². The second-order valence-corrected chi connectivity index (χ2v) is 7.39. The van der Waals surface area contributed by atoms with Crippen LogP contribution in [0, 0.1) is 18.6 Å². The van der Waals surface area contributed by atoms with Crippen molar-refractivity contribution in [3.05, 3.63) is 35.5 Å². The molecule has 0 saturated carbocycles. The number of amides is 1. The molecule has 1 aromatic heterocycles. The van der Waals surface area contributed by atoms with Crippen LogP contribution < -0.4 is 4.90 Å². The number of rotatable bonds is 3. The SMILES string of the molecule is Cc1cc(N2CCN(CC(=O)N3CCCC3)CC2)c2ccc(F)c(F)c2n1. The van der Waals surface area contributed by atoms with Gasteiger partial charge in [0.05, 0.1) is 6.54 Å². The smallest absolute Gasteiger partial charge is 0.236 e. The first kappa shape index (κ1) is 18.1. The second-order valence-electron chi connectivity index (χ2n) is 7.39. The number of likely N-dealkylation sites (tertiary alicyclic amines) is 1. The molecule has 0 unspecified atom stereocenters. The van der Waals surface area contributed by atoms with E-state index in [0.29, 0.717) is 17.6 Å². The highest BCUT2D eigenvalue weighted by Gasteiger charge is 2.25. The minimum Gasteiger partial charge on any atom is -0.368 e. The van der Waals surface area contributed by atoms with Gasteiger partial charge in [0.2, 0.25) is 5.91 Å². The van der Waals surface area contributed by atoms with Crippen LogP contribution in [0.4, 0.5) is 14.5 Å². The van der Waals surface area contributed by atoms with Crippen molar-refractivity contribution in [3.8, 4) is 0 Å². The Hall–Kier alpha value is -2.28. The van der Waals surface area contributed by atoms with Crippen molar-refractivity contribution in [3.63, 3.8) is 0 Å². The van der Waals surface area contributed by atoms with E-state index in [1.54, 1.807) is 13.0 Å². The van der Waals surface area contributed by atoms with E-state index in [4.69, 9.17) is 0 Å². The maximum Gasteiger partial charge on any atom is 0.236 e. The van der Waals surface area contributed by atoms with Gasteiger partial charge in [0.15, 0.2) is 11.6 Å². The van der Waals surface area contributed by atoms with Gasteiger partial charge in [-0.25, -0.2) is 13.8 Å². The maximum atomic E-state index is 14.2. The minimum absolute atomic E-state index is 0.0802. The summed E-state index contributed by atoms with van der Waals surface area (Å²) in [6, 6.07) is 4.67. The molecular formula is C20H24F2N4O. The van der Waals surface area contributed by atoms with E-state index < -0.39 is 11.6 Å². The molecule has 2 fully saturated rings. The molecule has 4 rings (SSSR count). The Morgan fingerprint density at radius 1 is 1.07 bits per heavy atom. The van der Waals surface area contributed by atoms with Gasteiger partial charge in [0, 0.05) is 56.0 Å². The summed E-state index contributed by atoms with van der Waals surface area (Å²) in [5.41, 5.74) is 1.62. The van der Waals surface area contributed by atoms with Gasteiger partial charge in [-0.3, -0.25) is 9.69 Å². The summed E-state index contributed by atoms with van der Waals surface area (Å²) in [5, 5.41) is 0.626. The Labute approximate surface area is 157 Å². The molecule has 0 spiro atoms. The van der Waals surface area contributed by atoms with Gasteiger partial charge in [0.1, 0.15) is 5.52 Å². The van der Waals surface area contributed by atoms with Gasteiger partial charge in [-0.05, 0) is 38.0 Å². The number of piperazine rings is 1. The molecule has 0 N–H and O–H groups in total. The highest BCUT2D eigenvalue weighted by atomic mass is 19.2. The second kappa shape index (κ2) is 7.38. The lowest BCUT2D eigenvalue weighted by Gasteiger charge is -2.36. The van der Waals surface area contributed by atoms with Crippen LogP contribution in [-0.2, 0) is 4.79 Å². The molecule has 0 atom stereocenters. The fraction of sp³-hybridized carbons (Fsp3) is 0.500. The first-order valence-corrected chi connectivity index (χ1v) is 9.53. The number of pyridine rings is 1. The molecule has 3 heterocycles. The average molecular weight is 374 g/mol. The fourth-order valence-electron chi connectivity index (χ4n) is 4.01. The van der Waals surface area contributed by atoms with Gasteiger partial charge in [-0.2, -0.15) is 0 Å². The predicted molar refractivity (Wildman–Crippen MR) is 101 cm³/mol. The van der Waals surface area contributed by atoms with Gasteiger partial charge in [-0.15, -0.1) is 0 Å². The lowest BCUT2D eigenvalue weighted by atomic mass is 10.1. The molecule has 2 aliphatic heterocycles. The number of benzene rings is 1.